The van der Waals surface area contributed by atoms with Crippen LogP contribution in [0.15, 0.2) is 65.9 Å². The van der Waals surface area contributed by atoms with Crippen LogP contribution in [0.1, 0.15) is 16.7 Å². The molecule has 0 aliphatic carbocycles. The van der Waals surface area contributed by atoms with Crippen molar-refractivity contribution in [3.8, 4) is 34.1 Å². The molecule has 0 radical (unpaired) electrons. The van der Waals surface area contributed by atoms with Gasteiger partial charge in [-0.1, -0.05) is 59.6 Å². The van der Waals surface area contributed by atoms with E-state index < -0.39 is 56.9 Å². The summed E-state index contributed by atoms with van der Waals surface area (Å²) in [5.41, 5.74) is -0.733. The van der Waals surface area contributed by atoms with E-state index >= 15 is 0 Å². The van der Waals surface area contributed by atoms with Gasteiger partial charge in [0.25, 0.3) is 11.8 Å². The Hall–Kier alpha value is -3.00. The summed E-state index contributed by atoms with van der Waals surface area (Å²) in [6.45, 7) is 0.346. The first-order valence-electron chi connectivity index (χ1n) is 14.9. The normalized spacial score (nSPS) is 17.5. The van der Waals surface area contributed by atoms with Crippen LogP contribution >= 0.6 is 69.4 Å². The van der Waals surface area contributed by atoms with Gasteiger partial charge in [-0.15, -0.1) is 0 Å². The van der Waals surface area contributed by atoms with Crippen LogP contribution in [0.3, 0.4) is 0 Å². The van der Waals surface area contributed by atoms with E-state index in [0.717, 1.165) is 12.1 Å². The predicted octanol–water partition coefficient (Wildman–Crippen LogP) is 1.48. The van der Waals surface area contributed by atoms with Gasteiger partial charge in [-0.25, -0.2) is 4.79 Å². The van der Waals surface area contributed by atoms with Crippen LogP contribution in [0.2, 0.25) is 0 Å². The molecule has 1 heterocycles. The maximum absolute atomic E-state index is 13.5. The molecule has 0 unspecified atom stereocenters. The summed E-state index contributed by atoms with van der Waals surface area (Å²) in [4.78, 5) is 38.0. The quantitative estimate of drug-likeness (QED) is 0.0644. The molecule has 17 nitrogen and oxygen atoms in total. The summed E-state index contributed by atoms with van der Waals surface area (Å²) < 4.78 is 43.5. The number of oxime groups is 2. The van der Waals surface area contributed by atoms with E-state index in [1.165, 1.54) is 51.9 Å². The van der Waals surface area contributed by atoms with Crippen molar-refractivity contribution in [2.75, 3.05) is 24.6 Å². The minimum absolute atomic E-state index is 0. The maximum atomic E-state index is 13.5. The molecule has 24 heteroatoms. The first-order chi connectivity index (χ1) is 25.5. The number of fused-ring (bicyclic) bond motifs is 7. The van der Waals surface area contributed by atoms with Gasteiger partial charge in [0.2, 0.25) is 5.76 Å². The van der Waals surface area contributed by atoms with E-state index in [4.69, 9.17) is 8.92 Å². The summed E-state index contributed by atoms with van der Waals surface area (Å²) in [5, 5.41) is 65.0. The molecule has 0 aromatic heterocycles. The van der Waals surface area contributed by atoms with Gasteiger partial charge < -0.3 is 45.3 Å². The van der Waals surface area contributed by atoms with Gasteiger partial charge in [-0.2, -0.15) is 8.42 Å². The number of nitrogens with zero attached hydrogens (tertiary/aromatic N) is 2. The van der Waals surface area contributed by atoms with Crippen LogP contribution in [0.4, 0.5) is 0 Å². The number of phenols is 1. The number of halogens is 3. The molecule has 4 rings (SSSR count). The molecule has 3 aromatic carbocycles. The zero-order chi connectivity index (χ0) is 39.7. The number of phenolic OH excluding ortho intramolecular Hbond substituents is 1. The molecule has 288 valence electrons. The minimum atomic E-state index is -5.20. The third-order valence-corrected chi connectivity index (χ3v) is 11.6. The van der Waals surface area contributed by atoms with Crippen molar-refractivity contribution in [3.05, 3.63) is 72.3 Å². The Kier molecular flexibility index (Phi) is 17.7. The Morgan fingerprint density at radius 3 is 1.93 bits per heavy atom. The molecule has 55 heavy (non-hydrogen) atoms. The summed E-state index contributed by atoms with van der Waals surface area (Å²) in [6.07, 6.45) is 0.369. The number of aliphatic carboxylic acids is 1. The molecule has 0 atom stereocenters. The van der Waals surface area contributed by atoms with Crippen molar-refractivity contribution in [2.45, 2.75) is 12.8 Å². The number of carboxylic acids is 1. The predicted molar refractivity (Wildman–Crippen MR) is 208 cm³/mol. The first kappa shape index (κ1) is 46.4. The third kappa shape index (κ3) is 13.0. The number of rotatable bonds is 3. The van der Waals surface area contributed by atoms with Crippen molar-refractivity contribution in [1.29, 1.82) is 0 Å². The Labute approximate surface area is 368 Å². The van der Waals surface area contributed by atoms with Gasteiger partial charge in [0.05, 0.1) is 8.95 Å². The number of aromatic hydroxyl groups is 1. The molecule has 3 aromatic rings. The molecule has 0 fully saturated rings. The van der Waals surface area contributed by atoms with Gasteiger partial charge in [-0.05, 0) is 90.5 Å². The molecule has 7 N–H and O–H groups in total. The molecular weight excluding hydrogens is 995 g/mol. The van der Waals surface area contributed by atoms with Crippen LogP contribution in [0.5, 0.6) is 23.0 Å². The molecule has 0 saturated carbocycles. The van der Waals surface area contributed by atoms with E-state index in [1.807, 2.05) is 0 Å². The summed E-state index contributed by atoms with van der Waals surface area (Å²) in [5.74, 6) is -5.24. The number of amides is 2. The van der Waals surface area contributed by atoms with E-state index in [2.05, 4.69) is 68.7 Å². The number of carboxylic acid groups (broad SMARTS) is 1. The molecule has 1 aliphatic rings. The molecule has 6 bridgehead atoms. The summed E-state index contributed by atoms with van der Waals surface area (Å²) in [7, 11) is -2.44. The van der Waals surface area contributed by atoms with Gasteiger partial charge in [0, 0.05) is 47.5 Å². The van der Waals surface area contributed by atoms with Crippen LogP contribution in [0, 0.1) is 0 Å². The number of nitrogens with one attached hydrogen (secondary N) is 2. The largest absolute Gasteiger partial charge is 1.00 e. The fraction of sp³-hybridized carbons (Fsp3) is 0.194. The number of carbonyl (C=O) groups excluding carboxylic acids is 2. The van der Waals surface area contributed by atoms with E-state index in [9.17, 15) is 53.1 Å². The van der Waals surface area contributed by atoms with Gasteiger partial charge in [0.15, 0.2) is 17.2 Å². The summed E-state index contributed by atoms with van der Waals surface area (Å²) in [6, 6.07) is 7.54. The number of ether oxygens (including phenoxy) is 1. The molecule has 2 amide bonds. The number of hydrogen-bond acceptors (Lipinski definition) is 15. The van der Waals surface area contributed by atoms with E-state index in [0.29, 0.717) is 11.5 Å². The number of hydrogen-bond donors (Lipinski definition) is 7. The van der Waals surface area contributed by atoms with Crippen molar-refractivity contribution in [2.24, 2.45) is 10.3 Å². The Morgan fingerprint density at radius 1 is 0.855 bits per heavy atom. The van der Waals surface area contributed by atoms with Crippen molar-refractivity contribution >= 4 is 115 Å². The van der Waals surface area contributed by atoms with Crippen molar-refractivity contribution in [3.63, 3.8) is 0 Å². The second-order valence-electron chi connectivity index (χ2n) is 10.8. The maximum Gasteiger partial charge on any atom is 1.00 e. The minimum Gasteiger partial charge on any atom is -0.871 e. The Morgan fingerprint density at radius 2 is 1.40 bits per heavy atom. The average molecular weight is 1020 g/mol. The first-order valence-corrected chi connectivity index (χ1v) is 21.1. The zero-order valence-electron chi connectivity index (χ0n) is 28.0. The molecular formula is C31H26Br3N4NaO13S3. The monoisotopic (exact) mass is 1020 g/mol. The second-order valence-corrected chi connectivity index (χ2v) is 17.1. The van der Waals surface area contributed by atoms with Gasteiger partial charge in [-0.3, -0.25) is 14.1 Å². The zero-order valence-corrected chi connectivity index (χ0v) is 37.2. The molecule has 0 spiro atoms. The SMILES string of the molecule is O=C1NCCSSCCNC(=O)/C(=N\O)Cc2cc(Br)c([O-])c(c2)-c2cc(cc(Br)c2OS(=O)(=O)O)/C=C(\C(=O)O)Oc2cc(cc(Br)c2O)C/C1=N/O.[Na+]. The van der Waals surface area contributed by atoms with Crippen molar-refractivity contribution < 1.29 is 91.6 Å². The number of carbonyl (C=O) groups is 3. The topological polar surface area (TPSA) is 277 Å². The third-order valence-electron chi connectivity index (χ3n) is 7.00. The Balaban J connectivity index is 0.00000812. The second kappa shape index (κ2) is 21.0. The van der Waals surface area contributed by atoms with Crippen LogP contribution in [-0.4, -0.2) is 87.4 Å². The molecule has 1 aliphatic heterocycles. The number of benzene rings is 3. The Bertz CT molecular complexity index is 2190. The van der Waals surface area contributed by atoms with Crippen LogP contribution < -0.4 is 54.2 Å². The van der Waals surface area contributed by atoms with Gasteiger partial charge in [0.1, 0.15) is 11.4 Å². The van der Waals surface area contributed by atoms with Crippen LogP contribution in [0.25, 0.3) is 17.2 Å². The summed E-state index contributed by atoms with van der Waals surface area (Å²) >= 11 is 9.46. The van der Waals surface area contributed by atoms with E-state index in [1.54, 1.807) is 0 Å². The molecule has 0 saturated heterocycles. The fourth-order valence-corrected chi connectivity index (χ4v) is 8.56. The van der Waals surface area contributed by atoms with E-state index in [-0.39, 0.29) is 108 Å². The average Bonchev–Trinajstić information content (AvgIpc) is 3.10. The smallest absolute Gasteiger partial charge is 0.871 e. The van der Waals surface area contributed by atoms with Crippen molar-refractivity contribution in [1.82, 2.24) is 10.6 Å². The van der Waals surface area contributed by atoms with Crippen LogP contribution in [-0.2, 0) is 37.6 Å². The fourth-order valence-electron chi connectivity index (χ4n) is 4.69. The van der Waals surface area contributed by atoms with Gasteiger partial charge >= 0.3 is 45.9 Å². The standard InChI is InChI=1S/C31H27Br3N4O13S3.Na/c32-19-7-14-5-17(26(19)39)18-6-15(9-21(34)28(18)51-54(47,48)49)13-25(31(43)44)50-24-12-16(8-20(33)27(24)40)11-23(38-46)30(42)36-2-4-53-52-3-1-35-29(41)22(10-14)37-45;/h5-9,12-13,39-40,45-46H,1-4,10-11H2,(H,35,41)(H,36,42)(H,43,44)(H,47,48,49);/q;+1/p-1/b25-13+,37-22-,38-23-;.